The highest BCUT2D eigenvalue weighted by molar-refractivity contribution is 4.75. The zero-order valence-electron chi connectivity index (χ0n) is 7.57. The van der Waals surface area contributed by atoms with Crippen LogP contribution in [0.2, 0.25) is 0 Å². The number of hydrogen-bond acceptors (Lipinski definition) is 4. The molecule has 12 heavy (non-hydrogen) atoms. The van der Waals surface area contributed by atoms with Crippen LogP contribution >= 0.6 is 0 Å². The molecule has 3 N–H and O–H groups in total. The standard InChI is InChI=1S/C8H18N2O2/c1-7-5-10(2-3-11)6-8(4-9)12-7/h7-8,11H,2-6,9H2,1H3. The number of nitrogens with two attached hydrogens (primary N) is 1. The average Bonchev–Trinajstić information content (AvgIpc) is 2.04. The maximum absolute atomic E-state index is 8.75. The molecule has 0 aromatic rings. The summed E-state index contributed by atoms with van der Waals surface area (Å²) < 4.78 is 5.56. The van der Waals surface area contributed by atoms with E-state index in [1.165, 1.54) is 0 Å². The van der Waals surface area contributed by atoms with Crippen molar-refractivity contribution >= 4 is 0 Å². The quantitative estimate of drug-likeness (QED) is 0.578. The number of hydrogen-bond donors (Lipinski definition) is 2. The highest BCUT2D eigenvalue weighted by Crippen LogP contribution is 2.09. The summed E-state index contributed by atoms with van der Waals surface area (Å²) in [6.45, 7) is 5.28. The number of aliphatic hydroxyl groups is 1. The average molecular weight is 174 g/mol. The minimum Gasteiger partial charge on any atom is -0.395 e. The van der Waals surface area contributed by atoms with Crippen LogP contribution in [0.1, 0.15) is 6.92 Å². The molecule has 1 aliphatic heterocycles. The lowest BCUT2D eigenvalue weighted by atomic mass is 10.2. The van der Waals surface area contributed by atoms with Crippen LogP contribution < -0.4 is 5.73 Å². The summed E-state index contributed by atoms with van der Waals surface area (Å²) in [5.41, 5.74) is 5.51. The van der Waals surface area contributed by atoms with Gasteiger partial charge in [0.2, 0.25) is 0 Å². The lowest BCUT2D eigenvalue weighted by Gasteiger charge is -2.35. The molecule has 1 heterocycles. The maximum Gasteiger partial charge on any atom is 0.0828 e. The van der Waals surface area contributed by atoms with Gasteiger partial charge in [-0.3, -0.25) is 4.90 Å². The minimum atomic E-state index is 0.139. The Morgan fingerprint density at radius 3 is 2.92 bits per heavy atom. The first-order chi connectivity index (χ1) is 5.76. The van der Waals surface area contributed by atoms with Gasteiger partial charge in [-0.1, -0.05) is 0 Å². The molecule has 0 radical (unpaired) electrons. The molecule has 2 unspecified atom stereocenters. The summed E-state index contributed by atoms with van der Waals surface area (Å²) in [5, 5.41) is 8.75. The van der Waals surface area contributed by atoms with Crippen molar-refractivity contribution in [3.05, 3.63) is 0 Å². The van der Waals surface area contributed by atoms with Crippen molar-refractivity contribution in [3.63, 3.8) is 0 Å². The molecule has 1 rings (SSSR count). The fraction of sp³-hybridized carbons (Fsp3) is 1.00. The number of nitrogens with zero attached hydrogens (tertiary/aromatic N) is 1. The van der Waals surface area contributed by atoms with Crippen LogP contribution in [-0.4, -0.2) is 55.0 Å². The van der Waals surface area contributed by atoms with Crippen molar-refractivity contribution < 1.29 is 9.84 Å². The second kappa shape index (κ2) is 4.77. The predicted molar refractivity (Wildman–Crippen MR) is 46.9 cm³/mol. The van der Waals surface area contributed by atoms with Crippen LogP contribution in [-0.2, 0) is 4.74 Å². The Morgan fingerprint density at radius 1 is 1.58 bits per heavy atom. The fourth-order valence-corrected chi connectivity index (χ4v) is 1.59. The summed E-state index contributed by atoms with van der Waals surface area (Å²) in [6.07, 6.45) is 0.374. The van der Waals surface area contributed by atoms with E-state index in [9.17, 15) is 0 Å². The van der Waals surface area contributed by atoms with E-state index in [1.807, 2.05) is 6.92 Å². The van der Waals surface area contributed by atoms with Crippen molar-refractivity contribution in [1.82, 2.24) is 4.90 Å². The molecular formula is C8H18N2O2. The van der Waals surface area contributed by atoms with E-state index in [0.717, 1.165) is 19.6 Å². The maximum atomic E-state index is 8.75. The van der Waals surface area contributed by atoms with Crippen LogP contribution in [0.15, 0.2) is 0 Å². The van der Waals surface area contributed by atoms with Crippen molar-refractivity contribution in [2.45, 2.75) is 19.1 Å². The van der Waals surface area contributed by atoms with Gasteiger partial charge >= 0.3 is 0 Å². The van der Waals surface area contributed by atoms with Gasteiger partial charge in [0.1, 0.15) is 0 Å². The number of rotatable bonds is 3. The number of ether oxygens (including phenoxy) is 1. The first-order valence-corrected chi connectivity index (χ1v) is 4.45. The third-order valence-electron chi connectivity index (χ3n) is 2.08. The Hall–Kier alpha value is -0.160. The lowest BCUT2D eigenvalue weighted by Crippen LogP contribution is -2.49. The molecule has 4 heteroatoms. The van der Waals surface area contributed by atoms with Gasteiger partial charge in [0.15, 0.2) is 0 Å². The van der Waals surface area contributed by atoms with Crippen LogP contribution in [0.5, 0.6) is 0 Å². The molecule has 0 amide bonds. The fourth-order valence-electron chi connectivity index (χ4n) is 1.59. The summed E-state index contributed by atoms with van der Waals surface area (Å²) in [4.78, 5) is 2.19. The lowest BCUT2D eigenvalue weighted by molar-refractivity contribution is -0.0745. The van der Waals surface area contributed by atoms with Gasteiger partial charge in [0.25, 0.3) is 0 Å². The van der Waals surface area contributed by atoms with Crippen LogP contribution in [0.25, 0.3) is 0 Å². The first-order valence-electron chi connectivity index (χ1n) is 4.45. The van der Waals surface area contributed by atoms with E-state index in [0.29, 0.717) is 6.54 Å². The van der Waals surface area contributed by atoms with Crippen LogP contribution in [0.3, 0.4) is 0 Å². The van der Waals surface area contributed by atoms with Crippen molar-refractivity contribution in [2.24, 2.45) is 5.73 Å². The van der Waals surface area contributed by atoms with Gasteiger partial charge in [-0.2, -0.15) is 0 Å². The third-order valence-corrected chi connectivity index (χ3v) is 2.08. The Balaban J connectivity index is 2.34. The molecule has 1 aliphatic rings. The zero-order chi connectivity index (χ0) is 8.97. The Kier molecular flexibility index (Phi) is 3.94. The third kappa shape index (κ3) is 2.71. The van der Waals surface area contributed by atoms with E-state index in [-0.39, 0.29) is 18.8 Å². The molecule has 72 valence electrons. The highest BCUT2D eigenvalue weighted by Gasteiger charge is 2.23. The van der Waals surface area contributed by atoms with E-state index in [4.69, 9.17) is 15.6 Å². The van der Waals surface area contributed by atoms with Gasteiger partial charge in [-0.15, -0.1) is 0 Å². The monoisotopic (exact) mass is 174 g/mol. The van der Waals surface area contributed by atoms with E-state index in [1.54, 1.807) is 0 Å². The minimum absolute atomic E-state index is 0.139. The van der Waals surface area contributed by atoms with Gasteiger partial charge in [-0.05, 0) is 6.92 Å². The first kappa shape index (κ1) is 9.92. The summed E-state index contributed by atoms with van der Waals surface area (Å²) in [5.74, 6) is 0. The molecular weight excluding hydrogens is 156 g/mol. The van der Waals surface area contributed by atoms with Crippen molar-refractivity contribution in [3.8, 4) is 0 Å². The van der Waals surface area contributed by atoms with E-state index < -0.39 is 0 Å². The molecule has 0 spiro atoms. The Morgan fingerprint density at radius 2 is 2.33 bits per heavy atom. The van der Waals surface area contributed by atoms with Crippen LogP contribution in [0.4, 0.5) is 0 Å². The molecule has 4 nitrogen and oxygen atoms in total. The molecule has 0 aliphatic carbocycles. The van der Waals surface area contributed by atoms with Gasteiger partial charge in [-0.25, -0.2) is 0 Å². The Labute approximate surface area is 73.3 Å². The largest absolute Gasteiger partial charge is 0.395 e. The molecule has 2 atom stereocenters. The highest BCUT2D eigenvalue weighted by atomic mass is 16.5. The number of β-amino-alcohol motifs (C(OH)–C–C–N with tert-alkyl or cyclic N) is 1. The smallest absolute Gasteiger partial charge is 0.0828 e. The predicted octanol–water partition coefficient (Wildman–Crippen LogP) is -0.973. The van der Waals surface area contributed by atoms with E-state index in [2.05, 4.69) is 4.90 Å². The van der Waals surface area contributed by atoms with E-state index >= 15 is 0 Å². The van der Waals surface area contributed by atoms with Gasteiger partial charge in [0, 0.05) is 26.2 Å². The molecule has 0 saturated carbocycles. The normalized spacial score (nSPS) is 32.2. The second-order valence-corrected chi connectivity index (χ2v) is 3.29. The molecule has 1 saturated heterocycles. The SMILES string of the molecule is CC1CN(CCO)CC(CN)O1. The molecule has 0 aromatic heterocycles. The molecule has 0 aromatic carbocycles. The second-order valence-electron chi connectivity index (χ2n) is 3.29. The van der Waals surface area contributed by atoms with Crippen molar-refractivity contribution in [1.29, 1.82) is 0 Å². The van der Waals surface area contributed by atoms with Gasteiger partial charge in [0.05, 0.1) is 18.8 Å². The summed E-state index contributed by atoms with van der Waals surface area (Å²) in [6, 6.07) is 0. The zero-order valence-corrected chi connectivity index (χ0v) is 7.57. The van der Waals surface area contributed by atoms with Gasteiger partial charge < -0.3 is 15.6 Å². The topological polar surface area (TPSA) is 58.7 Å². The molecule has 1 fully saturated rings. The Bertz CT molecular complexity index is 132. The molecule has 0 bridgehead atoms. The van der Waals surface area contributed by atoms with Crippen molar-refractivity contribution in [2.75, 3.05) is 32.8 Å². The number of morpholine rings is 1. The summed E-state index contributed by atoms with van der Waals surface area (Å²) in [7, 11) is 0. The van der Waals surface area contributed by atoms with Crippen LogP contribution in [0, 0.1) is 0 Å². The number of aliphatic hydroxyl groups excluding tert-OH is 1. The summed E-state index contributed by atoms with van der Waals surface area (Å²) >= 11 is 0.